The van der Waals surface area contributed by atoms with Crippen molar-refractivity contribution in [1.29, 1.82) is 0 Å². The molecule has 2 heteroatoms. The summed E-state index contributed by atoms with van der Waals surface area (Å²) in [6, 6.07) is 22.7. The lowest BCUT2D eigenvalue weighted by Gasteiger charge is -2.43. The van der Waals surface area contributed by atoms with Crippen molar-refractivity contribution in [2.75, 3.05) is 26.7 Å². The third-order valence-corrected chi connectivity index (χ3v) is 6.83. The van der Waals surface area contributed by atoms with Gasteiger partial charge >= 0.3 is 0 Å². The molecule has 0 saturated carbocycles. The molecule has 1 N–H and O–H groups in total. The molecule has 0 heterocycles. The fourth-order valence-electron chi connectivity index (χ4n) is 4.59. The van der Waals surface area contributed by atoms with Gasteiger partial charge < -0.3 is 10.2 Å². The molecule has 0 amide bonds. The van der Waals surface area contributed by atoms with Crippen molar-refractivity contribution in [2.24, 2.45) is 5.92 Å². The van der Waals surface area contributed by atoms with Crippen LogP contribution in [0.15, 0.2) is 60.7 Å². The van der Waals surface area contributed by atoms with E-state index in [1.807, 2.05) is 0 Å². The average Bonchev–Trinajstić information content (AvgIpc) is 2.77. The zero-order chi connectivity index (χ0) is 21.1. The predicted octanol–water partition coefficient (Wildman–Crippen LogP) is 5.92. The molecule has 29 heavy (non-hydrogen) atoms. The van der Waals surface area contributed by atoms with Crippen LogP contribution in [0.25, 0.3) is 0 Å². The van der Waals surface area contributed by atoms with Crippen molar-refractivity contribution in [2.45, 2.75) is 64.8 Å². The Labute approximate surface area is 179 Å². The second kappa shape index (κ2) is 12.1. The number of hydrogen-bond acceptors (Lipinski definition) is 2. The second-order valence-electron chi connectivity index (χ2n) is 8.69. The number of rotatable bonds is 13. The number of benzene rings is 2. The summed E-state index contributed by atoms with van der Waals surface area (Å²) >= 11 is 0. The fourth-order valence-corrected chi connectivity index (χ4v) is 4.59. The summed E-state index contributed by atoms with van der Waals surface area (Å²) in [5.74, 6) is 0.595. The van der Waals surface area contributed by atoms with Gasteiger partial charge in [-0.1, -0.05) is 88.4 Å². The minimum atomic E-state index is 0.190. The maximum atomic E-state index is 3.60. The monoisotopic (exact) mass is 394 g/mol. The minimum Gasteiger partial charge on any atom is -0.317 e. The topological polar surface area (TPSA) is 15.3 Å². The number of nitrogens with zero attached hydrogens (tertiary/aromatic N) is 1. The van der Waals surface area contributed by atoms with Crippen LogP contribution in [0, 0.1) is 5.92 Å². The number of nitrogens with one attached hydrogen (secondary N) is 1. The highest BCUT2D eigenvalue weighted by Crippen LogP contribution is 2.38. The van der Waals surface area contributed by atoms with Crippen molar-refractivity contribution in [1.82, 2.24) is 10.2 Å². The lowest BCUT2D eigenvalue weighted by atomic mass is 9.67. The largest absolute Gasteiger partial charge is 0.317 e. The van der Waals surface area contributed by atoms with E-state index in [0.717, 1.165) is 26.1 Å². The summed E-state index contributed by atoms with van der Waals surface area (Å²) in [4.78, 5) is 2.60. The van der Waals surface area contributed by atoms with Gasteiger partial charge in [0, 0.05) is 18.0 Å². The molecule has 0 radical (unpaired) electrons. The van der Waals surface area contributed by atoms with Crippen LogP contribution in [-0.4, -0.2) is 37.6 Å². The van der Waals surface area contributed by atoms with Crippen LogP contribution >= 0.6 is 0 Å². The van der Waals surface area contributed by atoms with Gasteiger partial charge in [-0.05, 0) is 62.9 Å². The Hall–Kier alpha value is -1.64. The van der Waals surface area contributed by atoms with E-state index in [-0.39, 0.29) is 5.41 Å². The molecule has 0 saturated heterocycles. The quantitative estimate of drug-likeness (QED) is 0.453. The predicted molar refractivity (Wildman–Crippen MR) is 128 cm³/mol. The van der Waals surface area contributed by atoms with E-state index in [2.05, 4.69) is 106 Å². The lowest BCUT2D eigenvalue weighted by molar-refractivity contribution is 0.162. The summed E-state index contributed by atoms with van der Waals surface area (Å²) in [5, 5.41) is 3.60. The van der Waals surface area contributed by atoms with Crippen LogP contribution in [0.4, 0.5) is 0 Å². The lowest BCUT2D eigenvalue weighted by Crippen LogP contribution is -2.45. The molecule has 0 spiro atoms. The summed E-state index contributed by atoms with van der Waals surface area (Å²) in [5.41, 5.74) is 3.13. The Morgan fingerprint density at radius 2 is 1.45 bits per heavy atom. The van der Waals surface area contributed by atoms with Crippen molar-refractivity contribution in [3.8, 4) is 0 Å². The van der Waals surface area contributed by atoms with Gasteiger partial charge in [-0.2, -0.15) is 0 Å². The van der Waals surface area contributed by atoms with E-state index >= 15 is 0 Å². The van der Waals surface area contributed by atoms with E-state index in [4.69, 9.17) is 0 Å². The Morgan fingerprint density at radius 1 is 0.862 bits per heavy atom. The third kappa shape index (κ3) is 6.69. The van der Waals surface area contributed by atoms with Gasteiger partial charge in [-0.15, -0.1) is 0 Å². The Morgan fingerprint density at radius 3 is 1.97 bits per heavy atom. The van der Waals surface area contributed by atoms with E-state index in [1.165, 1.54) is 30.4 Å². The van der Waals surface area contributed by atoms with Crippen LogP contribution in [0.2, 0.25) is 0 Å². The van der Waals surface area contributed by atoms with Crippen LogP contribution in [0.5, 0.6) is 0 Å². The first-order valence-electron chi connectivity index (χ1n) is 11.5. The highest BCUT2D eigenvalue weighted by Gasteiger charge is 2.37. The molecule has 160 valence electrons. The molecular formula is C27H42N2. The second-order valence-corrected chi connectivity index (χ2v) is 8.69. The molecular weight excluding hydrogens is 352 g/mol. The van der Waals surface area contributed by atoms with Gasteiger partial charge in [0.25, 0.3) is 0 Å². The fraction of sp³-hybridized carbons (Fsp3) is 0.556. The first kappa shape index (κ1) is 23.6. The number of likely N-dealkylation sites (N-methyl/N-ethyl adjacent to an activating group) is 1. The van der Waals surface area contributed by atoms with Gasteiger partial charge in [0.15, 0.2) is 0 Å². The van der Waals surface area contributed by atoms with Crippen LogP contribution in [0.3, 0.4) is 0 Å². The normalized spacial score (nSPS) is 14.9. The van der Waals surface area contributed by atoms with Gasteiger partial charge in [0.05, 0.1) is 0 Å². The van der Waals surface area contributed by atoms with Gasteiger partial charge in [-0.25, -0.2) is 0 Å². The summed E-state index contributed by atoms with van der Waals surface area (Å²) in [7, 11) is 2.12. The van der Waals surface area contributed by atoms with Gasteiger partial charge in [0.2, 0.25) is 0 Å². The first-order valence-corrected chi connectivity index (χ1v) is 11.5. The molecule has 0 aliphatic rings. The molecule has 2 aromatic rings. The molecule has 2 atom stereocenters. The van der Waals surface area contributed by atoms with E-state index in [1.54, 1.807) is 0 Å². The maximum absolute atomic E-state index is 3.60. The highest BCUT2D eigenvalue weighted by atomic mass is 15.1. The molecule has 0 bridgehead atoms. The zero-order valence-electron chi connectivity index (χ0n) is 19.3. The Kier molecular flexibility index (Phi) is 9.90. The molecule has 2 unspecified atom stereocenters. The van der Waals surface area contributed by atoms with Crippen LogP contribution in [0.1, 0.15) is 58.1 Å². The number of aryl methyl sites for hydroxylation is 1. The van der Waals surface area contributed by atoms with Crippen LogP contribution < -0.4 is 5.32 Å². The van der Waals surface area contributed by atoms with Crippen molar-refractivity contribution >= 4 is 0 Å². The molecule has 0 fully saturated rings. The zero-order valence-corrected chi connectivity index (χ0v) is 19.3. The Bertz CT molecular complexity index is 663. The first-order chi connectivity index (χ1) is 14.1. The van der Waals surface area contributed by atoms with E-state index in [0.29, 0.717) is 12.0 Å². The number of hydrogen-bond donors (Lipinski definition) is 1. The SMILES string of the molecule is CCN(CC)CC(CCC(CCc1ccccc1)NC)(c1ccccc1)C(C)C. The van der Waals surface area contributed by atoms with Crippen LogP contribution in [-0.2, 0) is 11.8 Å². The van der Waals surface area contributed by atoms with Crippen molar-refractivity contribution in [3.05, 3.63) is 71.8 Å². The van der Waals surface area contributed by atoms with E-state index in [9.17, 15) is 0 Å². The third-order valence-electron chi connectivity index (χ3n) is 6.83. The summed E-state index contributed by atoms with van der Waals surface area (Å²) < 4.78 is 0. The smallest absolute Gasteiger partial charge is 0.0104 e. The van der Waals surface area contributed by atoms with Gasteiger partial charge in [0.1, 0.15) is 0 Å². The highest BCUT2D eigenvalue weighted by molar-refractivity contribution is 5.27. The minimum absolute atomic E-state index is 0.190. The molecule has 0 aliphatic heterocycles. The molecule has 0 aliphatic carbocycles. The Balaban J connectivity index is 2.16. The van der Waals surface area contributed by atoms with Crippen molar-refractivity contribution < 1.29 is 0 Å². The molecule has 2 aromatic carbocycles. The van der Waals surface area contributed by atoms with Crippen molar-refractivity contribution in [3.63, 3.8) is 0 Å². The van der Waals surface area contributed by atoms with Gasteiger partial charge in [-0.3, -0.25) is 0 Å². The average molecular weight is 395 g/mol. The summed E-state index contributed by atoms with van der Waals surface area (Å²) in [6.45, 7) is 12.8. The summed E-state index contributed by atoms with van der Waals surface area (Å²) in [6.07, 6.45) is 4.75. The standard InChI is InChI=1S/C27H42N2/c1-6-29(7-2)22-27(23(3)4,25-16-12-9-13-17-25)21-20-26(28-5)19-18-24-14-10-8-11-15-24/h8-17,23,26,28H,6-7,18-22H2,1-5H3. The molecule has 0 aromatic heterocycles. The molecule has 2 nitrogen and oxygen atoms in total. The molecule has 2 rings (SSSR count). The maximum Gasteiger partial charge on any atom is 0.0104 e. The van der Waals surface area contributed by atoms with E-state index < -0.39 is 0 Å².